The molecular weight excluding hydrogens is 477 g/mol. The molecule has 0 spiro atoms. The first-order valence-electron chi connectivity index (χ1n) is 12.7. The Hall–Kier alpha value is -3.37. The van der Waals surface area contributed by atoms with Crippen LogP contribution in [0.3, 0.4) is 0 Å². The quantitative estimate of drug-likeness (QED) is 0.518. The number of carbonyl (C=O) groups excluding carboxylic acids is 1. The molecular formula is C27H30FN5O4. The molecule has 194 valence electrons. The summed E-state index contributed by atoms with van der Waals surface area (Å²) in [6, 6.07) is 5.58. The van der Waals surface area contributed by atoms with Crippen LogP contribution in [0.4, 0.5) is 10.2 Å². The second-order valence-electron chi connectivity index (χ2n) is 10.2. The molecule has 1 amide bonds. The molecule has 3 aliphatic heterocycles. The number of nitrogens with one attached hydrogen (secondary N) is 1. The molecule has 2 saturated heterocycles. The lowest BCUT2D eigenvalue weighted by atomic mass is 9.76. The molecule has 0 radical (unpaired) electrons. The second kappa shape index (κ2) is 9.50. The summed E-state index contributed by atoms with van der Waals surface area (Å²) in [4.78, 5) is 27.7. The van der Waals surface area contributed by atoms with Gasteiger partial charge in [0.05, 0.1) is 42.7 Å². The van der Waals surface area contributed by atoms with Gasteiger partial charge in [-0.2, -0.15) is 0 Å². The van der Waals surface area contributed by atoms with Crippen LogP contribution in [0, 0.1) is 12.7 Å². The van der Waals surface area contributed by atoms with Crippen LogP contribution in [0.15, 0.2) is 24.4 Å². The summed E-state index contributed by atoms with van der Waals surface area (Å²) in [5.41, 5.74) is 3.28. The van der Waals surface area contributed by atoms with E-state index in [1.54, 1.807) is 7.11 Å². The molecule has 3 fully saturated rings. The highest BCUT2D eigenvalue weighted by Gasteiger charge is 2.45. The van der Waals surface area contributed by atoms with Gasteiger partial charge in [0.15, 0.2) is 18.2 Å². The zero-order valence-corrected chi connectivity index (χ0v) is 21.1. The minimum absolute atomic E-state index is 0.00842. The van der Waals surface area contributed by atoms with E-state index in [1.165, 1.54) is 6.20 Å². The van der Waals surface area contributed by atoms with E-state index in [2.05, 4.69) is 25.2 Å². The first-order chi connectivity index (χ1) is 17.9. The molecule has 3 aromatic rings. The Kier molecular flexibility index (Phi) is 6.16. The van der Waals surface area contributed by atoms with Crippen molar-refractivity contribution in [1.29, 1.82) is 0 Å². The molecule has 1 saturated carbocycles. The van der Waals surface area contributed by atoms with E-state index in [0.717, 1.165) is 36.9 Å². The maximum Gasteiger partial charge on any atom is 0.263 e. The van der Waals surface area contributed by atoms with E-state index < -0.39 is 0 Å². The van der Waals surface area contributed by atoms with Crippen LogP contribution < -0.4 is 14.8 Å². The number of amides is 1. The van der Waals surface area contributed by atoms with Crippen molar-refractivity contribution in [3.05, 3.63) is 47.0 Å². The molecule has 3 aromatic heterocycles. The van der Waals surface area contributed by atoms with Gasteiger partial charge < -0.3 is 19.5 Å². The molecule has 0 atom stereocenters. The fraction of sp³-hybridized carbons (Fsp3) is 0.481. The summed E-state index contributed by atoms with van der Waals surface area (Å²) in [5.74, 6) is 0.851. The Morgan fingerprint density at radius 2 is 2.08 bits per heavy atom. The number of hydrogen-bond donors (Lipinski definition) is 1. The van der Waals surface area contributed by atoms with Gasteiger partial charge in [-0.15, -0.1) is 0 Å². The lowest BCUT2D eigenvalue weighted by molar-refractivity contribution is -0.138. The summed E-state index contributed by atoms with van der Waals surface area (Å²) >= 11 is 0. The summed E-state index contributed by atoms with van der Waals surface area (Å²) in [6.45, 7) is 3.69. The smallest absolute Gasteiger partial charge is 0.263 e. The summed E-state index contributed by atoms with van der Waals surface area (Å²) < 4.78 is 32.1. The van der Waals surface area contributed by atoms with Crippen LogP contribution in [0.2, 0.25) is 0 Å². The van der Waals surface area contributed by atoms with Crippen molar-refractivity contribution in [2.24, 2.45) is 0 Å². The lowest BCUT2D eigenvalue weighted by Gasteiger charge is -2.52. The summed E-state index contributed by atoms with van der Waals surface area (Å²) in [6.07, 6.45) is 6.13. The topological polar surface area (TPSA) is 98.7 Å². The van der Waals surface area contributed by atoms with Crippen molar-refractivity contribution in [2.45, 2.75) is 57.2 Å². The van der Waals surface area contributed by atoms with Crippen LogP contribution >= 0.6 is 0 Å². The highest BCUT2D eigenvalue weighted by molar-refractivity contribution is 5.94. The Balaban J connectivity index is 1.32. The average Bonchev–Trinajstić information content (AvgIpc) is 2.92. The number of anilines is 1. The third kappa shape index (κ3) is 4.48. The van der Waals surface area contributed by atoms with Crippen LogP contribution in [0.1, 0.15) is 42.5 Å². The van der Waals surface area contributed by atoms with Gasteiger partial charge in [0.2, 0.25) is 5.88 Å². The van der Waals surface area contributed by atoms with Gasteiger partial charge in [-0.25, -0.2) is 14.4 Å². The van der Waals surface area contributed by atoms with Crippen molar-refractivity contribution in [3.8, 4) is 11.6 Å². The van der Waals surface area contributed by atoms with E-state index in [1.807, 2.05) is 25.1 Å². The summed E-state index contributed by atoms with van der Waals surface area (Å²) in [7, 11) is 1.55. The highest BCUT2D eigenvalue weighted by atomic mass is 19.1. The van der Waals surface area contributed by atoms with Gasteiger partial charge in [-0.05, 0) is 56.7 Å². The highest BCUT2D eigenvalue weighted by Crippen LogP contribution is 2.41. The first-order valence-corrected chi connectivity index (χ1v) is 12.7. The zero-order chi connectivity index (χ0) is 25.6. The zero-order valence-electron chi connectivity index (χ0n) is 21.1. The molecule has 1 N–H and O–H groups in total. The maximum absolute atomic E-state index is 15.2. The van der Waals surface area contributed by atoms with Crippen LogP contribution in [-0.4, -0.2) is 64.3 Å². The fourth-order valence-corrected chi connectivity index (χ4v) is 5.80. The Labute approximate surface area is 214 Å². The number of halogens is 1. The van der Waals surface area contributed by atoms with Gasteiger partial charge in [0.1, 0.15) is 5.82 Å². The van der Waals surface area contributed by atoms with E-state index in [0.29, 0.717) is 66.3 Å². The van der Waals surface area contributed by atoms with Crippen molar-refractivity contribution in [3.63, 3.8) is 0 Å². The normalized spacial score (nSPS) is 22.6. The predicted octanol–water partition coefficient (Wildman–Crippen LogP) is 3.57. The molecule has 9 nitrogen and oxygen atoms in total. The second-order valence-corrected chi connectivity index (χ2v) is 10.2. The van der Waals surface area contributed by atoms with Gasteiger partial charge >= 0.3 is 0 Å². The SMILES string of the molecule is COc1cc(C)c2ncc(F)c(CCN(Cc3ccc4c(n3)NC(=O)CO4)C34CCC(CC3)OC4)c2n1. The summed E-state index contributed by atoms with van der Waals surface area (Å²) in [5, 5.41) is 2.79. The molecule has 10 heteroatoms. The van der Waals surface area contributed by atoms with Crippen molar-refractivity contribution < 1.29 is 23.4 Å². The lowest BCUT2D eigenvalue weighted by Crippen LogP contribution is -2.59. The molecule has 6 heterocycles. The van der Waals surface area contributed by atoms with Gasteiger partial charge in [-0.3, -0.25) is 14.7 Å². The molecule has 0 aromatic carbocycles. The van der Waals surface area contributed by atoms with Gasteiger partial charge in [0, 0.05) is 30.3 Å². The van der Waals surface area contributed by atoms with E-state index in [9.17, 15) is 4.79 Å². The third-order valence-electron chi connectivity index (χ3n) is 7.89. The minimum Gasteiger partial charge on any atom is -0.481 e. The Morgan fingerprint density at radius 3 is 2.84 bits per heavy atom. The van der Waals surface area contributed by atoms with Crippen molar-refractivity contribution in [2.75, 3.05) is 32.2 Å². The van der Waals surface area contributed by atoms with Gasteiger partial charge in [-0.1, -0.05) is 0 Å². The number of hydrogen-bond acceptors (Lipinski definition) is 8. The monoisotopic (exact) mass is 507 g/mol. The largest absolute Gasteiger partial charge is 0.481 e. The molecule has 4 aliphatic rings. The number of aryl methyl sites for hydroxylation is 1. The molecule has 0 unspecified atom stereocenters. The Morgan fingerprint density at radius 1 is 1.24 bits per heavy atom. The van der Waals surface area contributed by atoms with Crippen molar-refractivity contribution in [1.82, 2.24) is 19.9 Å². The minimum atomic E-state index is -0.375. The number of aromatic nitrogens is 3. The molecule has 1 aliphatic carbocycles. The fourth-order valence-electron chi connectivity index (χ4n) is 5.80. The number of methoxy groups -OCH3 is 1. The van der Waals surface area contributed by atoms with Gasteiger partial charge in [0.25, 0.3) is 5.91 Å². The van der Waals surface area contributed by atoms with Crippen LogP contribution in [0.25, 0.3) is 11.0 Å². The Bertz CT molecular complexity index is 1340. The molecule has 7 rings (SSSR count). The maximum atomic E-state index is 15.2. The van der Waals surface area contributed by atoms with Crippen LogP contribution in [0.5, 0.6) is 11.6 Å². The molecule has 2 bridgehead atoms. The number of ether oxygens (including phenoxy) is 3. The number of fused-ring (bicyclic) bond motifs is 5. The standard InChI is InChI=1S/C27H30FN5O4/c1-16-11-23(35-2)32-25-19(20(28)12-29-24(16)25)7-10-33(27-8-5-18(6-9-27)37-15-27)13-17-3-4-21-26(30-17)31-22(34)14-36-21/h3-4,11-12,18H,5-10,13-15H2,1-2H3,(H,30,31,34). The first kappa shape index (κ1) is 24.0. The average molecular weight is 508 g/mol. The van der Waals surface area contributed by atoms with E-state index in [-0.39, 0.29) is 23.9 Å². The van der Waals surface area contributed by atoms with E-state index in [4.69, 9.17) is 14.2 Å². The number of carbonyl (C=O) groups is 1. The predicted molar refractivity (Wildman–Crippen MR) is 134 cm³/mol. The van der Waals surface area contributed by atoms with Crippen molar-refractivity contribution >= 4 is 22.8 Å². The third-order valence-corrected chi connectivity index (χ3v) is 7.89. The van der Waals surface area contributed by atoms with E-state index >= 15 is 4.39 Å². The number of rotatable bonds is 7. The molecule has 37 heavy (non-hydrogen) atoms. The number of nitrogens with zero attached hydrogens (tertiary/aromatic N) is 4. The van der Waals surface area contributed by atoms with Crippen LogP contribution in [-0.2, 0) is 22.5 Å². The number of pyridine rings is 3.